The van der Waals surface area contributed by atoms with E-state index in [4.69, 9.17) is 15.5 Å². The van der Waals surface area contributed by atoms with Crippen LogP contribution in [0.25, 0.3) is 32.9 Å². The molecule has 3 fully saturated rings. The van der Waals surface area contributed by atoms with Crippen LogP contribution in [0.2, 0.25) is 0 Å². The number of anilines is 1. The number of likely N-dealkylation sites (tertiary alicyclic amines) is 1. The molecule has 202 valence electrons. The van der Waals surface area contributed by atoms with Crippen LogP contribution in [0.1, 0.15) is 38.5 Å². The van der Waals surface area contributed by atoms with Gasteiger partial charge in [0.25, 0.3) is 0 Å². The number of aromatic hydroxyl groups is 1. The molecule has 4 atom stereocenters. The lowest BCUT2D eigenvalue weighted by molar-refractivity contribution is 0.188. The van der Waals surface area contributed by atoms with Crippen LogP contribution in [0, 0.1) is 5.82 Å². The number of hydrogen-bond acceptors (Lipinski definition) is 8. The number of rotatable bonds is 5. The smallest absolute Gasteiger partial charge is 0.319 e. The summed E-state index contributed by atoms with van der Waals surface area (Å²) < 4.78 is 22.6. The number of hydrogen-bond donors (Lipinski definition) is 2. The molecular weight excluding hydrogens is 495 g/mol. The van der Waals surface area contributed by atoms with Gasteiger partial charge in [0.2, 0.25) is 0 Å². The number of ether oxygens (including phenoxy) is 1. The molecule has 2 aromatic carbocycles. The van der Waals surface area contributed by atoms with Gasteiger partial charge in [-0.25, -0.2) is 4.39 Å². The van der Waals surface area contributed by atoms with E-state index in [9.17, 15) is 5.11 Å². The van der Waals surface area contributed by atoms with Gasteiger partial charge in [-0.2, -0.15) is 9.97 Å². The SMILES string of the molecule is CN1CCC[C@H]1COc1nc(N2[C@@H]3CC[C@H]2C[C@@H](N)C3)c2cnc(-c3cc(O)cc4ccccc34)c(F)c2n1. The molecule has 39 heavy (non-hydrogen) atoms. The van der Waals surface area contributed by atoms with Gasteiger partial charge >= 0.3 is 6.01 Å². The number of fused-ring (bicyclic) bond motifs is 4. The summed E-state index contributed by atoms with van der Waals surface area (Å²) in [6.45, 7) is 1.49. The van der Waals surface area contributed by atoms with Crippen molar-refractivity contribution in [1.82, 2.24) is 19.9 Å². The molecule has 0 saturated carbocycles. The fourth-order valence-corrected chi connectivity index (χ4v) is 6.89. The van der Waals surface area contributed by atoms with Crippen LogP contribution >= 0.6 is 0 Å². The van der Waals surface area contributed by atoms with Crippen molar-refractivity contribution < 1.29 is 14.2 Å². The predicted octanol–water partition coefficient (Wildman–Crippen LogP) is 4.62. The second-order valence-electron chi connectivity index (χ2n) is 11.3. The average Bonchev–Trinajstić information content (AvgIpc) is 3.46. The lowest BCUT2D eigenvalue weighted by atomic mass is 9.97. The lowest BCUT2D eigenvalue weighted by Crippen LogP contribution is -2.48. The number of phenols is 1. The third-order valence-corrected chi connectivity index (χ3v) is 8.84. The molecule has 2 aromatic heterocycles. The summed E-state index contributed by atoms with van der Waals surface area (Å²) in [5.74, 6) is 0.183. The molecule has 4 aromatic rings. The molecule has 9 heteroatoms. The largest absolute Gasteiger partial charge is 0.508 e. The number of piperidine rings is 1. The second kappa shape index (κ2) is 9.57. The topological polar surface area (TPSA) is 101 Å². The number of pyridine rings is 1. The predicted molar refractivity (Wildman–Crippen MR) is 150 cm³/mol. The summed E-state index contributed by atoms with van der Waals surface area (Å²) in [6.07, 6.45) is 7.70. The van der Waals surface area contributed by atoms with E-state index in [1.807, 2.05) is 24.3 Å². The molecule has 5 heterocycles. The Morgan fingerprint density at radius 1 is 1.08 bits per heavy atom. The summed E-state index contributed by atoms with van der Waals surface area (Å²) >= 11 is 0. The molecule has 7 rings (SSSR count). The minimum atomic E-state index is -0.546. The van der Waals surface area contributed by atoms with Gasteiger partial charge in [-0.3, -0.25) is 4.98 Å². The maximum absolute atomic E-state index is 16.5. The summed E-state index contributed by atoms with van der Waals surface area (Å²) in [6, 6.07) is 11.9. The van der Waals surface area contributed by atoms with Crippen LogP contribution in [-0.4, -0.2) is 69.3 Å². The van der Waals surface area contributed by atoms with Crippen molar-refractivity contribution in [3.05, 3.63) is 48.4 Å². The van der Waals surface area contributed by atoms with Crippen LogP contribution < -0.4 is 15.4 Å². The van der Waals surface area contributed by atoms with Gasteiger partial charge in [-0.15, -0.1) is 0 Å². The zero-order valence-electron chi connectivity index (χ0n) is 22.1. The summed E-state index contributed by atoms with van der Waals surface area (Å²) in [4.78, 5) is 18.7. The van der Waals surface area contributed by atoms with E-state index < -0.39 is 5.82 Å². The Bertz CT molecular complexity index is 1550. The minimum absolute atomic E-state index is 0.0549. The highest BCUT2D eigenvalue weighted by atomic mass is 19.1. The second-order valence-corrected chi connectivity index (χ2v) is 11.3. The number of halogens is 1. The van der Waals surface area contributed by atoms with E-state index >= 15 is 4.39 Å². The molecule has 3 aliphatic heterocycles. The number of benzene rings is 2. The van der Waals surface area contributed by atoms with Crippen LogP contribution in [0.15, 0.2) is 42.6 Å². The maximum Gasteiger partial charge on any atom is 0.319 e. The first-order valence-corrected chi connectivity index (χ1v) is 13.9. The van der Waals surface area contributed by atoms with Gasteiger partial charge in [-0.1, -0.05) is 24.3 Å². The van der Waals surface area contributed by atoms with Gasteiger partial charge in [0.1, 0.15) is 29.4 Å². The number of likely N-dealkylation sites (N-methyl/N-ethyl adjacent to an activating group) is 1. The molecule has 2 bridgehead atoms. The van der Waals surface area contributed by atoms with Crippen molar-refractivity contribution >= 4 is 27.5 Å². The molecule has 8 nitrogen and oxygen atoms in total. The van der Waals surface area contributed by atoms with E-state index in [0.29, 0.717) is 23.4 Å². The zero-order valence-corrected chi connectivity index (χ0v) is 22.1. The van der Waals surface area contributed by atoms with Crippen molar-refractivity contribution in [3.63, 3.8) is 0 Å². The number of nitrogens with zero attached hydrogens (tertiary/aromatic N) is 5. The lowest BCUT2D eigenvalue weighted by Gasteiger charge is -2.39. The Hall–Kier alpha value is -3.56. The first-order chi connectivity index (χ1) is 19.0. The Balaban J connectivity index is 1.38. The maximum atomic E-state index is 16.5. The monoisotopic (exact) mass is 528 g/mol. The van der Waals surface area contributed by atoms with Crippen LogP contribution in [-0.2, 0) is 0 Å². The normalized spacial score (nSPS) is 25.2. The van der Waals surface area contributed by atoms with Crippen molar-refractivity contribution in [2.45, 2.75) is 62.7 Å². The van der Waals surface area contributed by atoms with Crippen molar-refractivity contribution in [2.24, 2.45) is 5.73 Å². The van der Waals surface area contributed by atoms with Crippen LogP contribution in [0.4, 0.5) is 10.2 Å². The van der Waals surface area contributed by atoms with E-state index in [2.05, 4.69) is 26.8 Å². The quantitative estimate of drug-likeness (QED) is 0.387. The van der Waals surface area contributed by atoms with Crippen LogP contribution in [0.5, 0.6) is 11.8 Å². The number of aromatic nitrogens is 3. The Morgan fingerprint density at radius 2 is 1.87 bits per heavy atom. The third-order valence-electron chi connectivity index (χ3n) is 8.84. The fraction of sp³-hybridized carbons (Fsp3) is 0.433. The molecule has 3 aliphatic rings. The molecule has 3 saturated heterocycles. The molecule has 0 amide bonds. The standard InChI is InChI=1S/C30H33FN6O2/c1-36-10-4-6-21(36)16-39-30-34-28-25(29(35-30)37-19-8-9-20(37)13-18(32)12-19)15-33-27(26(28)31)24-14-22(38)11-17-5-2-3-7-23(17)24/h2-3,5,7,11,14-15,18-21,38H,4,6,8-10,12-13,16,32H2,1H3/t18-,19+,20-,21-/m0/s1. The number of phenolic OH excluding ortho intramolecular Hbond substituents is 1. The van der Waals surface area contributed by atoms with Crippen LogP contribution in [0.3, 0.4) is 0 Å². The van der Waals surface area contributed by atoms with E-state index in [-0.39, 0.29) is 47.1 Å². The zero-order chi connectivity index (χ0) is 26.7. The van der Waals surface area contributed by atoms with Gasteiger partial charge in [0, 0.05) is 35.9 Å². The van der Waals surface area contributed by atoms with E-state index in [1.165, 1.54) is 0 Å². The third kappa shape index (κ3) is 4.24. The van der Waals surface area contributed by atoms with Gasteiger partial charge in [0.15, 0.2) is 5.82 Å². The molecule has 3 N–H and O–H groups in total. The molecular formula is C30H33FN6O2. The Kier molecular flexibility index (Phi) is 6.01. The highest BCUT2D eigenvalue weighted by Crippen LogP contribution is 2.42. The van der Waals surface area contributed by atoms with E-state index in [0.717, 1.165) is 55.8 Å². The fourth-order valence-electron chi connectivity index (χ4n) is 6.89. The first-order valence-electron chi connectivity index (χ1n) is 13.9. The minimum Gasteiger partial charge on any atom is -0.508 e. The highest BCUT2D eigenvalue weighted by molar-refractivity contribution is 6.00. The van der Waals surface area contributed by atoms with Crippen molar-refractivity contribution in [3.8, 4) is 23.0 Å². The van der Waals surface area contributed by atoms with Gasteiger partial charge in [0.05, 0.1) is 5.39 Å². The van der Waals surface area contributed by atoms with Gasteiger partial charge < -0.3 is 25.4 Å². The van der Waals surface area contributed by atoms with Crippen molar-refractivity contribution in [2.75, 3.05) is 25.1 Å². The molecule has 0 spiro atoms. The molecule has 0 unspecified atom stereocenters. The Morgan fingerprint density at radius 3 is 2.64 bits per heavy atom. The van der Waals surface area contributed by atoms with E-state index in [1.54, 1.807) is 18.3 Å². The average molecular weight is 529 g/mol. The summed E-state index contributed by atoms with van der Waals surface area (Å²) in [5.41, 5.74) is 7.20. The van der Waals surface area contributed by atoms with Gasteiger partial charge in [-0.05, 0) is 75.0 Å². The molecule has 0 radical (unpaired) electrons. The summed E-state index contributed by atoms with van der Waals surface area (Å²) in [5, 5.41) is 12.6. The number of nitrogens with two attached hydrogens (primary N) is 1. The highest BCUT2D eigenvalue weighted by Gasteiger charge is 2.41. The Labute approximate surface area is 226 Å². The van der Waals surface area contributed by atoms with Crippen molar-refractivity contribution in [1.29, 1.82) is 0 Å². The first kappa shape index (κ1) is 24.5. The summed E-state index contributed by atoms with van der Waals surface area (Å²) in [7, 11) is 2.10. The molecule has 0 aliphatic carbocycles.